The molecule has 0 fully saturated rings. The van der Waals surface area contributed by atoms with Crippen molar-refractivity contribution in [3.8, 4) is 0 Å². The van der Waals surface area contributed by atoms with Gasteiger partial charge in [0.15, 0.2) is 5.82 Å². The van der Waals surface area contributed by atoms with Crippen molar-refractivity contribution in [2.75, 3.05) is 5.73 Å². The summed E-state index contributed by atoms with van der Waals surface area (Å²) in [7, 11) is 0. The fourth-order valence-corrected chi connectivity index (χ4v) is 1.23. The molecule has 0 aliphatic carbocycles. The van der Waals surface area contributed by atoms with Gasteiger partial charge in [0.2, 0.25) is 0 Å². The van der Waals surface area contributed by atoms with Crippen LogP contribution in [0.15, 0.2) is 24.5 Å². The highest BCUT2D eigenvalue weighted by Gasteiger charge is 2.01. The van der Waals surface area contributed by atoms with Crippen LogP contribution in [0, 0.1) is 6.92 Å². The highest BCUT2D eigenvalue weighted by atomic mass is 15.4. The summed E-state index contributed by atoms with van der Waals surface area (Å²) in [5, 5.41) is 7.56. The molecule has 0 bridgehead atoms. The van der Waals surface area contributed by atoms with Gasteiger partial charge in [-0.15, -0.1) is 5.10 Å². The van der Waals surface area contributed by atoms with Gasteiger partial charge in [-0.2, -0.15) is 0 Å². The second-order valence-corrected chi connectivity index (χ2v) is 3.11. The number of anilines is 1. The van der Waals surface area contributed by atoms with E-state index in [2.05, 4.69) is 15.3 Å². The van der Waals surface area contributed by atoms with Gasteiger partial charge in [0.25, 0.3) is 0 Å². The molecule has 5 heteroatoms. The maximum absolute atomic E-state index is 5.46. The Morgan fingerprint density at radius 2 is 2.36 bits per heavy atom. The number of nitrogens with zero attached hydrogens (tertiary/aromatic N) is 4. The van der Waals surface area contributed by atoms with Crippen molar-refractivity contribution in [2.24, 2.45) is 0 Å². The van der Waals surface area contributed by atoms with Crippen LogP contribution in [0.25, 0.3) is 0 Å². The molecule has 0 aliphatic rings. The lowest BCUT2D eigenvalue weighted by molar-refractivity contribution is 0.636. The van der Waals surface area contributed by atoms with E-state index in [0.29, 0.717) is 12.4 Å². The number of nitrogen functional groups attached to an aromatic ring is 1. The summed E-state index contributed by atoms with van der Waals surface area (Å²) in [5.74, 6) is 0.429. The number of pyridine rings is 1. The lowest BCUT2D eigenvalue weighted by Crippen LogP contribution is -2.04. The lowest BCUT2D eigenvalue weighted by Gasteiger charge is -2.02. The summed E-state index contributed by atoms with van der Waals surface area (Å²) in [5.41, 5.74) is 7.58. The number of hydrogen-bond donors (Lipinski definition) is 1. The first-order chi connectivity index (χ1) is 6.75. The van der Waals surface area contributed by atoms with Crippen molar-refractivity contribution < 1.29 is 0 Å². The van der Waals surface area contributed by atoms with E-state index in [-0.39, 0.29) is 0 Å². The number of rotatable bonds is 2. The van der Waals surface area contributed by atoms with E-state index in [1.807, 2.05) is 19.1 Å². The van der Waals surface area contributed by atoms with E-state index in [1.165, 1.54) is 0 Å². The number of aromatic nitrogens is 4. The van der Waals surface area contributed by atoms with E-state index in [4.69, 9.17) is 5.73 Å². The Hall–Kier alpha value is -1.91. The van der Waals surface area contributed by atoms with Crippen molar-refractivity contribution in [1.82, 2.24) is 20.0 Å². The van der Waals surface area contributed by atoms with E-state index in [0.717, 1.165) is 11.3 Å². The van der Waals surface area contributed by atoms with Gasteiger partial charge < -0.3 is 5.73 Å². The van der Waals surface area contributed by atoms with E-state index >= 15 is 0 Å². The minimum atomic E-state index is 0.429. The van der Waals surface area contributed by atoms with E-state index < -0.39 is 0 Å². The summed E-state index contributed by atoms with van der Waals surface area (Å²) in [6.45, 7) is 2.62. The maximum atomic E-state index is 5.46. The maximum Gasteiger partial charge on any atom is 0.165 e. The zero-order valence-corrected chi connectivity index (χ0v) is 7.88. The molecule has 2 heterocycles. The average Bonchev–Trinajstić information content (AvgIpc) is 2.56. The van der Waals surface area contributed by atoms with Crippen molar-refractivity contribution >= 4 is 5.82 Å². The minimum Gasteiger partial charge on any atom is -0.381 e. The van der Waals surface area contributed by atoms with Gasteiger partial charge in [-0.25, -0.2) is 4.68 Å². The zero-order valence-electron chi connectivity index (χ0n) is 7.88. The molecule has 72 valence electrons. The summed E-state index contributed by atoms with van der Waals surface area (Å²) in [6.07, 6.45) is 3.46. The van der Waals surface area contributed by atoms with Gasteiger partial charge in [-0.3, -0.25) is 4.98 Å². The van der Waals surface area contributed by atoms with Crippen LogP contribution in [0.2, 0.25) is 0 Å². The normalized spacial score (nSPS) is 10.4. The van der Waals surface area contributed by atoms with Gasteiger partial charge >= 0.3 is 0 Å². The van der Waals surface area contributed by atoms with Crippen LogP contribution in [0.3, 0.4) is 0 Å². The van der Waals surface area contributed by atoms with Crippen molar-refractivity contribution in [3.05, 3.63) is 35.8 Å². The van der Waals surface area contributed by atoms with Crippen LogP contribution in [-0.4, -0.2) is 20.0 Å². The summed E-state index contributed by atoms with van der Waals surface area (Å²) >= 11 is 0. The van der Waals surface area contributed by atoms with Gasteiger partial charge in [-0.1, -0.05) is 11.3 Å². The SMILES string of the molecule is Cc1cccnc1Cn1cc(N)nn1. The Morgan fingerprint density at radius 3 is 3.00 bits per heavy atom. The molecule has 0 unspecified atom stereocenters. The standard InChI is InChI=1S/C9H11N5/c1-7-3-2-4-11-8(7)5-14-6-9(10)12-13-14/h2-4,6H,5,10H2,1H3. The number of hydrogen-bond acceptors (Lipinski definition) is 4. The first-order valence-electron chi connectivity index (χ1n) is 4.32. The van der Waals surface area contributed by atoms with Gasteiger partial charge in [0.1, 0.15) is 0 Å². The molecule has 2 aromatic rings. The quantitative estimate of drug-likeness (QED) is 0.751. The first-order valence-corrected chi connectivity index (χ1v) is 4.32. The molecular weight excluding hydrogens is 178 g/mol. The fraction of sp³-hybridized carbons (Fsp3) is 0.222. The molecule has 0 saturated heterocycles. The Balaban J connectivity index is 2.23. The van der Waals surface area contributed by atoms with Crippen LogP contribution in [0.4, 0.5) is 5.82 Å². The zero-order chi connectivity index (χ0) is 9.97. The second kappa shape index (κ2) is 3.45. The predicted octanol–water partition coefficient (Wildman–Crippen LogP) is 0.612. The highest BCUT2D eigenvalue weighted by molar-refractivity contribution is 5.22. The summed E-state index contributed by atoms with van der Waals surface area (Å²) < 4.78 is 1.67. The molecule has 2 N–H and O–H groups in total. The summed E-state index contributed by atoms with van der Waals surface area (Å²) in [4.78, 5) is 4.25. The molecule has 5 nitrogen and oxygen atoms in total. The Bertz CT molecular complexity index is 434. The smallest absolute Gasteiger partial charge is 0.165 e. The van der Waals surface area contributed by atoms with Crippen molar-refractivity contribution in [2.45, 2.75) is 13.5 Å². The van der Waals surface area contributed by atoms with Crippen LogP contribution in [-0.2, 0) is 6.54 Å². The van der Waals surface area contributed by atoms with Crippen LogP contribution >= 0.6 is 0 Å². The van der Waals surface area contributed by atoms with E-state index in [1.54, 1.807) is 17.1 Å². The molecule has 0 spiro atoms. The topological polar surface area (TPSA) is 69.6 Å². The third-order valence-corrected chi connectivity index (χ3v) is 1.99. The van der Waals surface area contributed by atoms with Crippen LogP contribution < -0.4 is 5.73 Å². The minimum absolute atomic E-state index is 0.429. The lowest BCUT2D eigenvalue weighted by atomic mass is 10.2. The van der Waals surface area contributed by atoms with Gasteiger partial charge in [0, 0.05) is 6.20 Å². The molecule has 0 saturated carbocycles. The van der Waals surface area contributed by atoms with Gasteiger partial charge in [0.05, 0.1) is 18.4 Å². The molecule has 0 radical (unpaired) electrons. The van der Waals surface area contributed by atoms with E-state index in [9.17, 15) is 0 Å². The third kappa shape index (κ3) is 1.71. The molecule has 0 aromatic carbocycles. The molecule has 0 aliphatic heterocycles. The molecule has 2 aromatic heterocycles. The Kier molecular flexibility index (Phi) is 2.14. The first kappa shape index (κ1) is 8.68. The monoisotopic (exact) mass is 189 g/mol. The third-order valence-electron chi connectivity index (χ3n) is 1.99. The largest absolute Gasteiger partial charge is 0.381 e. The Morgan fingerprint density at radius 1 is 1.50 bits per heavy atom. The fourth-order valence-electron chi connectivity index (χ4n) is 1.23. The Labute approximate surface area is 81.6 Å². The molecular formula is C9H11N5. The van der Waals surface area contributed by atoms with Crippen LogP contribution in [0.1, 0.15) is 11.3 Å². The molecule has 2 rings (SSSR count). The number of nitrogens with two attached hydrogens (primary N) is 1. The second-order valence-electron chi connectivity index (χ2n) is 3.11. The number of aryl methyl sites for hydroxylation is 1. The average molecular weight is 189 g/mol. The van der Waals surface area contributed by atoms with Crippen LogP contribution in [0.5, 0.6) is 0 Å². The molecule has 0 amide bonds. The highest BCUT2D eigenvalue weighted by Crippen LogP contribution is 2.05. The molecule has 0 atom stereocenters. The predicted molar refractivity (Wildman–Crippen MR) is 52.5 cm³/mol. The van der Waals surface area contributed by atoms with Gasteiger partial charge in [-0.05, 0) is 18.6 Å². The van der Waals surface area contributed by atoms with Crippen molar-refractivity contribution in [3.63, 3.8) is 0 Å². The van der Waals surface area contributed by atoms with Crippen molar-refractivity contribution in [1.29, 1.82) is 0 Å². The summed E-state index contributed by atoms with van der Waals surface area (Å²) in [6, 6.07) is 3.93. The molecule has 14 heavy (non-hydrogen) atoms.